The van der Waals surface area contributed by atoms with Crippen molar-refractivity contribution in [1.82, 2.24) is 19.5 Å². The molecule has 0 unspecified atom stereocenters. The van der Waals surface area contributed by atoms with Crippen molar-refractivity contribution in [3.05, 3.63) is 71.1 Å². The molecule has 3 aromatic rings. The van der Waals surface area contributed by atoms with E-state index in [2.05, 4.69) is 24.7 Å². The van der Waals surface area contributed by atoms with Crippen LogP contribution in [0.5, 0.6) is 0 Å². The molecule has 1 aliphatic rings. The summed E-state index contributed by atoms with van der Waals surface area (Å²) in [5.41, 5.74) is 0.544. The number of nitrogens with zero attached hydrogens (tertiary/aromatic N) is 5. The smallest absolute Gasteiger partial charge is 0.511 e. The first kappa shape index (κ1) is 31.1. The number of alkyl halides is 3. The van der Waals surface area contributed by atoms with Crippen molar-refractivity contribution in [3.63, 3.8) is 0 Å². The van der Waals surface area contributed by atoms with Crippen molar-refractivity contribution < 1.29 is 50.5 Å². The van der Waals surface area contributed by atoms with Crippen molar-refractivity contribution in [2.24, 2.45) is 11.2 Å². The third-order valence-corrected chi connectivity index (χ3v) is 7.43. The second-order valence-electron chi connectivity index (χ2n) is 9.13. The zero-order chi connectivity index (χ0) is 31.4. The number of hydrazine groups is 1. The van der Waals surface area contributed by atoms with Gasteiger partial charge < -0.3 is 19.5 Å². The summed E-state index contributed by atoms with van der Waals surface area (Å²) in [6.07, 6.45) is -5.73. The van der Waals surface area contributed by atoms with Crippen molar-refractivity contribution >= 4 is 22.1 Å². The molecule has 1 aliphatic heterocycles. The fourth-order valence-electron chi connectivity index (χ4n) is 3.81. The standard InChI is InChI=1S/C25H25F3N6O8S/c1-3-40-24(36)41-15-42-31-34(37)32-13-18(14-32)23(35)30-43(38,39)20-10-8-19(9-11-20)33-21(12-22(29-33)25(26,27)28)17-6-4-16(2)5-7-17/h4-12,18H,3,13-15H2,1-2H3,(H,30,35). The molecule has 0 saturated carbocycles. The number of nitrogens with one attached hydrogen (secondary N) is 1. The van der Waals surface area contributed by atoms with Gasteiger partial charge in [0.2, 0.25) is 11.2 Å². The second-order valence-corrected chi connectivity index (χ2v) is 10.8. The predicted octanol–water partition coefficient (Wildman–Crippen LogP) is 3.54. The predicted molar refractivity (Wildman–Crippen MR) is 139 cm³/mol. The number of aryl methyl sites for hydroxylation is 1. The summed E-state index contributed by atoms with van der Waals surface area (Å²) in [5.74, 6) is -1.76. The van der Waals surface area contributed by atoms with Gasteiger partial charge in [-0.3, -0.25) is 4.79 Å². The minimum atomic E-state index is -4.71. The Balaban J connectivity index is 1.39. The van der Waals surface area contributed by atoms with Crippen LogP contribution in [-0.4, -0.2) is 66.7 Å². The van der Waals surface area contributed by atoms with Gasteiger partial charge in [0, 0.05) is 5.56 Å². The Bertz CT molecular complexity index is 1600. The highest BCUT2D eigenvalue weighted by molar-refractivity contribution is 7.90. The molecule has 2 aromatic carbocycles. The number of aromatic nitrogens is 2. The van der Waals surface area contributed by atoms with Gasteiger partial charge in [-0.2, -0.15) is 18.3 Å². The first-order valence-electron chi connectivity index (χ1n) is 12.5. The largest absolute Gasteiger partial charge is 0.569 e. The van der Waals surface area contributed by atoms with Crippen LogP contribution in [0.1, 0.15) is 18.2 Å². The van der Waals surface area contributed by atoms with Gasteiger partial charge in [0.05, 0.1) is 46.9 Å². The number of ether oxygens (including phenoxy) is 2. The number of sulfonamides is 1. The summed E-state index contributed by atoms with van der Waals surface area (Å²) in [7, 11) is -4.36. The van der Waals surface area contributed by atoms with Gasteiger partial charge in [0.15, 0.2) is 5.69 Å². The maximum Gasteiger partial charge on any atom is 0.511 e. The van der Waals surface area contributed by atoms with Crippen molar-refractivity contribution in [2.45, 2.75) is 24.9 Å². The number of halogens is 3. The number of hydrogen-bond acceptors (Lipinski definition) is 10. The van der Waals surface area contributed by atoms with E-state index < -0.39 is 46.7 Å². The van der Waals surface area contributed by atoms with Gasteiger partial charge in [-0.25, -0.2) is 22.6 Å². The van der Waals surface area contributed by atoms with Gasteiger partial charge in [0.25, 0.3) is 16.8 Å². The normalized spacial score (nSPS) is 14.2. The molecule has 18 heteroatoms. The minimum Gasteiger partial charge on any atom is -0.569 e. The lowest BCUT2D eigenvalue weighted by Gasteiger charge is -2.32. The Morgan fingerprint density at radius 1 is 1.12 bits per heavy atom. The molecule has 1 N–H and O–H groups in total. The third kappa shape index (κ3) is 7.51. The number of rotatable bonds is 10. The van der Waals surface area contributed by atoms with Crippen LogP contribution in [-0.2, 0) is 35.3 Å². The summed E-state index contributed by atoms with van der Waals surface area (Å²) in [5, 5.41) is 19.7. The van der Waals surface area contributed by atoms with E-state index in [4.69, 9.17) is 0 Å². The Hall–Kier alpha value is -4.87. The topological polar surface area (TPSA) is 167 Å². The molecule has 230 valence electrons. The van der Waals surface area contributed by atoms with Crippen LogP contribution in [0.4, 0.5) is 18.0 Å². The van der Waals surface area contributed by atoms with Gasteiger partial charge in [0.1, 0.15) is 0 Å². The monoisotopic (exact) mass is 626 g/mol. The molecule has 43 heavy (non-hydrogen) atoms. The summed E-state index contributed by atoms with van der Waals surface area (Å²) < 4.78 is 77.9. The second kappa shape index (κ2) is 12.6. The van der Waals surface area contributed by atoms with Gasteiger partial charge in [-0.05, 0) is 44.2 Å². The van der Waals surface area contributed by atoms with E-state index in [1.165, 1.54) is 12.1 Å². The molecule has 0 atom stereocenters. The molecule has 14 nitrogen and oxygen atoms in total. The van der Waals surface area contributed by atoms with Crippen LogP contribution < -0.4 is 4.72 Å². The fraction of sp³-hybridized carbons (Fsp3) is 0.320. The number of carbonyl (C=O) groups is 2. The highest BCUT2D eigenvalue weighted by Gasteiger charge is 2.40. The molecule has 1 fully saturated rings. The number of hydrogen-bond donors (Lipinski definition) is 1. The van der Waals surface area contributed by atoms with Gasteiger partial charge in [-0.1, -0.05) is 29.8 Å². The number of carbonyl (C=O) groups excluding carboxylic acids is 2. The highest BCUT2D eigenvalue weighted by Crippen LogP contribution is 2.33. The lowest BCUT2D eigenvalue weighted by Crippen LogP contribution is -2.56. The summed E-state index contributed by atoms with van der Waals surface area (Å²) >= 11 is 0. The summed E-state index contributed by atoms with van der Waals surface area (Å²) in [4.78, 5) is 27.7. The quantitative estimate of drug-likeness (QED) is 0.0878. The number of amides is 1. The Morgan fingerprint density at radius 3 is 2.37 bits per heavy atom. The lowest BCUT2D eigenvalue weighted by atomic mass is 10.0. The van der Waals surface area contributed by atoms with Crippen LogP contribution in [0.25, 0.3) is 16.9 Å². The average molecular weight is 627 g/mol. The van der Waals surface area contributed by atoms with E-state index in [-0.39, 0.29) is 40.9 Å². The molecule has 1 amide bonds. The Morgan fingerprint density at radius 2 is 1.77 bits per heavy atom. The van der Waals surface area contributed by atoms with E-state index >= 15 is 0 Å². The van der Waals surface area contributed by atoms with E-state index in [1.54, 1.807) is 31.2 Å². The molecular formula is C25H25F3N6O8S. The van der Waals surface area contributed by atoms with Crippen LogP contribution in [0.3, 0.4) is 0 Å². The number of benzene rings is 2. The maximum absolute atomic E-state index is 13.5. The molecular weight excluding hydrogens is 601 g/mol. The summed E-state index contributed by atoms with van der Waals surface area (Å²) in [6, 6.07) is 12.4. The Labute approximate surface area is 242 Å². The van der Waals surface area contributed by atoms with E-state index in [0.29, 0.717) is 5.56 Å². The van der Waals surface area contributed by atoms with E-state index in [9.17, 15) is 36.4 Å². The van der Waals surface area contributed by atoms with Crippen LogP contribution >= 0.6 is 0 Å². The zero-order valence-electron chi connectivity index (χ0n) is 22.6. The SMILES string of the molecule is CCOC(=O)OCON=[N+]([O-])N1CC(C(=O)NS(=O)(=O)c2ccc(-n3nc(C(F)(F)F)cc3-c3ccc(C)cc3)cc2)C1. The molecule has 0 radical (unpaired) electrons. The fourth-order valence-corrected chi connectivity index (χ4v) is 4.85. The molecule has 1 saturated heterocycles. The van der Waals surface area contributed by atoms with Crippen molar-refractivity contribution in [2.75, 3.05) is 26.5 Å². The maximum atomic E-state index is 13.5. The minimum absolute atomic E-state index is 0.00979. The molecule has 0 aliphatic carbocycles. The van der Waals surface area contributed by atoms with Gasteiger partial charge >= 0.3 is 12.3 Å². The molecule has 1 aromatic heterocycles. The first-order chi connectivity index (χ1) is 20.3. The van der Waals surface area contributed by atoms with Crippen molar-refractivity contribution in [1.29, 1.82) is 0 Å². The van der Waals surface area contributed by atoms with Gasteiger partial charge in [-0.15, -0.1) is 5.01 Å². The van der Waals surface area contributed by atoms with Crippen LogP contribution in [0.2, 0.25) is 0 Å². The van der Waals surface area contributed by atoms with Crippen molar-refractivity contribution in [3.8, 4) is 16.9 Å². The molecule has 0 spiro atoms. The zero-order valence-corrected chi connectivity index (χ0v) is 23.5. The molecule has 2 heterocycles. The van der Waals surface area contributed by atoms with E-state index in [1.807, 2.05) is 11.6 Å². The van der Waals surface area contributed by atoms with Crippen LogP contribution in [0, 0.1) is 18.0 Å². The van der Waals surface area contributed by atoms with Crippen LogP contribution in [0.15, 0.2) is 64.8 Å². The summed E-state index contributed by atoms with van der Waals surface area (Å²) in [6.45, 7) is 2.42. The lowest BCUT2D eigenvalue weighted by molar-refractivity contribution is -0.726. The average Bonchev–Trinajstić information content (AvgIpc) is 3.37. The highest BCUT2D eigenvalue weighted by atomic mass is 32.2. The molecule has 0 bridgehead atoms. The molecule has 4 rings (SSSR count). The van der Waals surface area contributed by atoms with E-state index in [0.717, 1.165) is 33.5 Å². The third-order valence-electron chi connectivity index (χ3n) is 6.07. The Kier molecular flexibility index (Phi) is 9.07. The first-order valence-corrected chi connectivity index (χ1v) is 14.0.